The third-order valence-corrected chi connectivity index (χ3v) is 1.62. The summed E-state index contributed by atoms with van der Waals surface area (Å²) in [6, 6.07) is 0. The monoisotopic (exact) mass is 206 g/mol. The highest BCUT2D eigenvalue weighted by atomic mass is 19.4. The van der Waals surface area contributed by atoms with Crippen molar-refractivity contribution in [2.75, 3.05) is 0 Å². The zero-order valence-electron chi connectivity index (χ0n) is 7.51. The first kappa shape index (κ1) is 10.7. The molecule has 0 radical (unpaired) electrons. The van der Waals surface area contributed by atoms with E-state index in [1.807, 2.05) is 0 Å². The minimum atomic E-state index is -4.31. The van der Waals surface area contributed by atoms with Crippen LogP contribution in [0, 0.1) is 0 Å². The van der Waals surface area contributed by atoms with E-state index in [4.69, 9.17) is 0 Å². The molecule has 0 fully saturated rings. The molecule has 1 aromatic heterocycles. The lowest BCUT2D eigenvalue weighted by molar-refractivity contribution is -0.142. The Labute approximate surface area is 78.5 Å². The van der Waals surface area contributed by atoms with Crippen LogP contribution in [0.3, 0.4) is 0 Å². The maximum Gasteiger partial charge on any atom is 0.408 e. The molecule has 14 heavy (non-hydrogen) atoms. The number of carbonyl (C=O) groups is 1. The first-order chi connectivity index (χ1) is 6.42. The molecule has 0 saturated carbocycles. The number of hydrogen-bond donors (Lipinski definition) is 0. The van der Waals surface area contributed by atoms with Crippen molar-refractivity contribution in [3.8, 4) is 0 Å². The largest absolute Gasteiger partial charge is 0.408 e. The van der Waals surface area contributed by atoms with Crippen LogP contribution in [0.15, 0.2) is 12.4 Å². The Hall–Kier alpha value is -1.33. The van der Waals surface area contributed by atoms with E-state index in [0.717, 1.165) is 12.4 Å². The number of hydrogen-bond acceptors (Lipinski definition) is 2. The number of ketones is 1. The molecule has 0 amide bonds. The first-order valence-corrected chi connectivity index (χ1v) is 4.05. The minimum Gasteiger partial charge on any atom is -0.294 e. The molecule has 0 N–H and O–H groups in total. The Balaban J connectivity index is 2.74. The van der Waals surface area contributed by atoms with Gasteiger partial charge in [-0.05, 0) is 0 Å². The normalized spacial score (nSPS) is 11.7. The topological polar surface area (TPSA) is 34.9 Å². The summed E-state index contributed by atoms with van der Waals surface area (Å²) in [4.78, 5) is 11.1. The van der Waals surface area contributed by atoms with Gasteiger partial charge in [0, 0.05) is 12.6 Å². The number of aromatic nitrogens is 2. The Kier molecular flexibility index (Phi) is 2.93. The number of carbonyl (C=O) groups excluding carboxylic acids is 1. The Morgan fingerprint density at radius 3 is 2.71 bits per heavy atom. The first-order valence-electron chi connectivity index (χ1n) is 4.05. The van der Waals surface area contributed by atoms with Gasteiger partial charge in [-0.15, -0.1) is 0 Å². The van der Waals surface area contributed by atoms with E-state index >= 15 is 0 Å². The van der Waals surface area contributed by atoms with Crippen LogP contribution < -0.4 is 0 Å². The predicted octanol–water partition coefficient (Wildman–Crippen LogP) is 2.04. The summed E-state index contributed by atoms with van der Waals surface area (Å²) >= 11 is 0. The second kappa shape index (κ2) is 3.81. The number of halogens is 3. The molecule has 0 aliphatic rings. The lowest BCUT2D eigenvalue weighted by Gasteiger charge is -2.04. The van der Waals surface area contributed by atoms with Gasteiger partial charge in [-0.1, -0.05) is 6.92 Å². The lowest BCUT2D eigenvalue weighted by atomic mass is 10.2. The second-order valence-electron chi connectivity index (χ2n) is 2.82. The predicted molar refractivity (Wildman–Crippen MR) is 42.9 cm³/mol. The maximum absolute atomic E-state index is 11.9. The van der Waals surface area contributed by atoms with Crippen LogP contribution >= 0.6 is 0 Å². The second-order valence-corrected chi connectivity index (χ2v) is 2.82. The Morgan fingerprint density at radius 1 is 1.57 bits per heavy atom. The number of nitrogens with zero attached hydrogens (tertiary/aromatic N) is 2. The number of alkyl halides is 3. The quantitative estimate of drug-likeness (QED) is 0.709. The van der Waals surface area contributed by atoms with Gasteiger partial charge in [-0.3, -0.25) is 9.48 Å². The number of Topliss-reactive ketones (excluding diaryl/α,β-unsaturated/α-hetero) is 1. The fourth-order valence-corrected chi connectivity index (χ4v) is 0.982. The fourth-order valence-electron chi connectivity index (χ4n) is 0.982. The standard InChI is InChI=1S/C8H9F3N2O/c1-2-7(14)6-3-12-13(4-6)5-8(9,10)11/h3-4H,2,5H2,1H3. The van der Waals surface area contributed by atoms with E-state index in [1.165, 1.54) is 0 Å². The Bertz CT molecular complexity index is 330. The zero-order valence-corrected chi connectivity index (χ0v) is 7.51. The highest BCUT2D eigenvalue weighted by Gasteiger charge is 2.28. The van der Waals surface area contributed by atoms with Gasteiger partial charge in [-0.25, -0.2) is 0 Å². The molecule has 0 spiro atoms. The molecule has 0 aliphatic heterocycles. The molecule has 1 heterocycles. The summed E-state index contributed by atoms with van der Waals surface area (Å²) in [6.07, 6.45) is -1.78. The Morgan fingerprint density at radius 2 is 2.21 bits per heavy atom. The van der Waals surface area contributed by atoms with Crippen molar-refractivity contribution in [2.24, 2.45) is 0 Å². The molecule has 6 heteroatoms. The molecule has 0 aliphatic carbocycles. The molecule has 1 aromatic rings. The lowest BCUT2D eigenvalue weighted by Crippen LogP contribution is -2.17. The van der Waals surface area contributed by atoms with E-state index in [0.29, 0.717) is 4.68 Å². The summed E-state index contributed by atoms with van der Waals surface area (Å²) < 4.78 is 36.4. The molecule has 0 atom stereocenters. The van der Waals surface area contributed by atoms with Gasteiger partial charge in [0.2, 0.25) is 0 Å². The van der Waals surface area contributed by atoms with Crippen LogP contribution in [-0.2, 0) is 6.54 Å². The molecule has 0 aromatic carbocycles. The van der Waals surface area contributed by atoms with Gasteiger partial charge in [0.25, 0.3) is 0 Å². The van der Waals surface area contributed by atoms with E-state index in [9.17, 15) is 18.0 Å². The summed E-state index contributed by atoms with van der Waals surface area (Å²) in [5.41, 5.74) is 0.219. The highest BCUT2D eigenvalue weighted by molar-refractivity contribution is 5.95. The minimum absolute atomic E-state index is 0.210. The van der Waals surface area contributed by atoms with E-state index in [-0.39, 0.29) is 17.8 Å². The van der Waals surface area contributed by atoms with Crippen molar-refractivity contribution in [1.29, 1.82) is 0 Å². The van der Waals surface area contributed by atoms with Crippen LogP contribution in [0.2, 0.25) is 0 Å². The molecule has 0 saturated heterocycles. The van der Waals surface area contributed by atoms with Crippen molar-refractivity contribution in [2.45, 2.75) is 26.1 Å². The van der Waals surface area contributed by atoms with Crippen LogP contribution in [-0.4, -0.2) is 21.7 Å². The molecule has 3 nitrogen and oxygen atoms in total. The third-order valence-electron chi connectivity index (χ3n) is 1.62. The zero-order chi connectivity index (χ0) is 10.8. The van der Waals surface area contributed by atoms with Crippen LogP contribution in [0.5, 0.6) is 0 Å². The van der Waals surface area contributed by atoms with Crippen molar-refractivity contribution in [1.82, 2.24) is 9.78 Å². The van der Waals surface area contributed by atoms with E-state index in [2.05, 4.69) is 5.10 Å². The van der Waals surface area contributed by atoms with Gasteiger partial charge < -0.3 is 0 Å². The van der Waals surface area contributed by atoms with Gasteiger partial charge in [0.05, 0.1) is 11.8 Å². The van der Waals surface area contributed by atoms with Crippen molar-refractivity contribution in [3.63, 3.8) is 0 Å². The molecular formula is C8H9F3N2O. The summed E-state index contributed by atoms with van der Waals surface area (Å²) in [7, 11) is 0. The average molecular weight is 206 g/mol. The van der Waals surface area contributed by atoms with Crippen LogP contribution in [0.25, 0.3) is 0 Å². The molecule has 0 bridgehead atoms. The summed E-state index contributed by atoms with van der Waals surface area (Å²) in [5.74, 6) is -0.210. The smallest absolute Gasteiger partial charge is 0.294 e. The molecule has 78 valence electrons. The van der Waals surface area contributed by atoms with Crippen molar-refractivity contribution in [3.05, 3.63) is 18.0 Å². The van der Waals surface area contributed by atoms with Crippen LogP contribution in [0.4, 0.5) is 13.2 Å². The maximum atomic E-state index is 11.9. The molecule has 0 unspecified atom stereocenters. The van der Waals surface area contributed by atoms with Gasteiger partial charge >= 0.3 is 6.18 Å². The highest BCUT2D eigenvalue weighted by Crippen LogP contribution is 2.17. The van der Waals surface area contributed by atoms with E-state index < -0.39 is 12.7 Å². The van der Waals surface area contributed by atoms with Gasteiger partial charge in [0.1, 0.15) is 6.54 Å². The van der Waals surface area contributed by atoms with Crippen molar-refractivity contribution >= 4 is 5.78 Å². The number of rotatable bonds is 3. The van der Waals surface area contributed by atoms with Gasteiger partial charge in [0.15, 0.2) is 5.78 Å². The van der Waals surface area contributed by atoms with E-state index in [1.54, 1.807) is 6.92 Å². The molecule has 1 rings (SSSR count). The van der Waals surface area contributed by atoms with Crippen molar-refractivity contribution < 1.29 is 18.0 Å². The average Bonchev–Trinajstić information content (AvgIpc) is 2.48. The summed E-state index contributed by atoms with van der Waals surface area (Å²) in [5, 5.41) is 3.45. The summed E-state index contributed by atoms with van der Waals surface area (Å²) in [6.45, 7) is 0.480. The van der Waals surface area contributed by atoms with Crippen LogP contribution in [0.1, 0.15) is 23.7 Å². The van der Waals surface area contributed by atoms with Gasteiger partial charge in [-0.2, -0.15) is 18.3 Å². The fraction of sp³-hybridized carbons (Fsp3) is 0.500. The molecular weight excluding hydrogens is 197 g/mol. The third kappa shape index (κ3) is 2.86. The SMILES string of the molecule is CCC(=O)c1cnn(CC(F)(F)F)c1.